The van der Waals surface area contributed by atoms with Crippen molar-refractivity contribution in [1.82, 2.24) is 35.5 Å². The summed E-state index contributed by atoms with van der Waals surface area (Å²) in [4.78, 5) is 44.3. The Morgan fingerprint density at radius 2 is 1.68 bits per heavy atom. The van der Waals surface area contributed by atoms with Crippen molar-refractivity contribution in [2.24, 2.45) is 11.3 Å². The molecule has 304 valence electrons. The third-order valence-corrected chi connectivity index (χ3v) is 13.1. The number of β-amino-alcohol motifs (C(OH)–C–C–N with tert-alkyl or cyclic N) is 1. The number of rotatable bonds is 10. The fraction of sp³-hybridized carbons (Fsp3) is 0.386. The second-order valence-electron chi connectivity index (χ2n) is 16.8. The first kappa shape index (κ1) is 38.6. The van der Waals surface area contributed by atoms with Crippen molar-refractivity contribution >= 4 is 45.7 Å². The number of phenolic OH excluding ortho intramolecular Hbond substituents is 1. The van der Waals surface area contributed by atoms with Crippen molar-refractivity contribution < 1.29 is 24.3 Å². The Bertz CT molecular complexity index is 2540. The largest absolute Gasteiger partial charge is 0.507 e. The van der Waals surface area contributed by atoms with Crippen LogP contribution in [0.1, 0.15) is 61.9 Å². The number of aromatic nitrogens is 5. The highest BCUT2D eigenvalue weighted by Gasteiger charge is 2.53. The molecule has 3 fully saturated rings. The van der Waals surface area contributed by atoms with Crippen LogP contribution in [0.25, 0.3) is 32.7 Å². The zero-order valence-corrected chi connectivity index (χ0v) is 34.5. The molecule has 6 aromatic rings. The zero-order valence-electron chi connectivity index (χ0n) is 33.7. The van der Waals surface area contributed by atoms with E-state index in [0.29, 0.717) is 28.4 Å². The van der Waals surface area contributed by atoms with Gasteiger partial charge in [0.15, 0.2) is 11.6 Å². The summed E-state index contributed by atoms with van der Waals surface area (Å²) in [5.41, 5.74) is 9.45. The number of hydrogen-bond acceptors (Lipinski definition) is 13. The minimum Gasteiger partial charge on any atom is -0.507 e. The first-order valence-corrected chi connectivity index (χ1v) is 20.9. The molecule has 3 aliphatic rings. The molecule has 3 aliphatic heterocycles. The number of pyridine rings is 1. The number of nitrogens with zero attached hydrogens (tertiary/aromatic N) is 8. The highest BCUT2D eigenvalue weighted by Crippen LogP contribution is 2.45. The Labute approximate surface area is 345 Å². The van der Waals surface area contributed by atoms with Gasteiger partial charge < -0.3 is 34.8 Å². The quantitative estimate of drug-likeness (QED) is 0.147. The van der Waals surface area contributed by atoms with Gasteiger partial charge in [-0.05, 0) is 62.1 Å². The molecule has 4 atom stereocenters. The predicted molar refractivity (Wildman–Crippen MR) is 225 cm³/mol. The summed E-state index contributed by atoms with van der Waals surface area (Å²) in [5.74, 6) is -0.0971. The number of amides is 2. The summed E-state index contributed by atoms with van der Waals surface area (Å²) in [6, 6.07) is 19.8. The molecule has 15 heteroatoms. The first-order chi connectivity index (χ1) is 28.4. The maximum absolute atomic E-state index is 14.3. The van der Waals surface area contributed by atoms with E-state index in [4.69, 9.17) is 9.51 Å². The molecule has 0 bridgehead atoms. The van der Waals surface area contributed by atoms with Gasteiger partial charge in [0.1, 0.15) is 23.2 Å². The van der Waals surface area contributed by atoms with Gasteiger partial charge in [-0.2, -0.15) is 0 Å². The smallest absolute Gasteiger partial charge is 0.243 e. The van der Waals surface area contributed by atoms with Crippen LogP contribution in [0.15, 0.2) is 76.8 Å². The minimum absolute atomic E-state index is 0.0710. The minimum atomic E-state index is -0.811. The molecule has 3 saturated heterocycles. The first-order valence-electron chi connectivity index (χ1n) is 20.1. The number of fused-ring (bicyclic) bond motifs is 1. The Kier molecular flexibility index (Phi) is 9.83. The highest BCUT2D eigenvalue weighted by molar-refractivity contribution is 7.13. The standard InChI is InChI=1S/C44H47N9O5S/c1-24(2)40(43(57)53-18-30(54)14-36(53)42(56)47-25(3)28-10-12-29(13-11-28)41-27(5)45-23-59-41)38-17-39(50-58-38)52-21-44(22-52)19-51(20-44)35-16-34-33(46-26(35)4)15-32(48-49-34)31-8-6-7-9-37(31)55/h6-13,15-17,23-25,30,36,40,54-55H,14,18-22H2,1-5H3,(H,47,56)/t25-,30+,36-,40?/m0/s1. The Hall–Kier alpha value is -5.93. The third kappa shape index (κ3) is 7.16. The van der Waals surface area contributed by atoms with E-state index >= 15 is 0 Å². The molecule has 3 N–H and O–H groups in total. The fourth-order valence-electron chi connectivity index (χ4n) is 8.95. The normalized spacial score (nSPS) is 19.5. The number of aromatic hydroxyl groups is 1. The van der Waals surface area contributed by atoms with Gasteiger partial charge in [0.25, 0.3) is 0 Å². The number of hydrogen-bond donors (Lipinski definition) is 3. The SMILES string of the molecule is Cc1nc2cc(-c3ccccc3O)nnc2cc1N1CC2(CN(c3cc(C(C(=O)N4C[C@H](O)C[C@H]4C(=O)N[C@@H](C)c4ccc(-c5scnc5C)cc4)C(C)C)on3)C2)C1. The number of likely N-dealkylation sites (tertiary alicyclic amines) is 1. The van der Waals surface area contributed by atoms with Crippen LogP contribution in [0.4, 0.5) is 11.5 Å². The topological polar surface area (TPSA) is 174 Å². The van der Waals surface area contributed by atoms with E-state index in [1.165, 1.54) is 4.90 Å². The van der Waals surface area contributed by atoms with E-state index in [1.807, 2.05) is 94.7 Å². The van der Waals surface area contributed by atoms with Gasteiger partial charge in [0, 0.05) is 56.2 Å². The summed E-state index contributed by atoms with van der Waals surface area (Å²) in [6.45, 7) is 13.2. The molecule has 0 aliphatic carbocycles. The second-order valence-corrected chi connectivity index (χ2v) is 17.6. The molecule has 14 nitrogen and oxygen atoms in total. The van der Waals surface area contributed by atoms with E-state index in [2.05, 4.69) is 35.5 Å². The maximum Gasteiger partial charge on any atom is 0.243 e. The molecule has 2 aromatic carbocycles. The van der Waals surface area contributed by atoms with Crippen LogP contribution in [0, 0.1) is 25.2 Å². The monoisotopic (exact) mass is 813 g/mol. The average Bonchev–Trinajstić information content (AvgIpc) is 3.94. The number of phenols is 1. The molecule has 7 heterocycles. The van der Waals surface area contributed by atoms with E-state index in [-0.39, 0.29) is 47.9 Å². The Morgan fingerprint density at radius 3 is 2.39 bits per heavy atom. The number of nitrogens with one attached hydrogen (secondary N) is 1. The number of carbonyl (C=O) groups is 2. The van der Waals surface area contributed by atoms with Gasteiger partial charge in [-0.1, -0.05) is 55.4 Å². The van der Waals surface area contributed by atoms with Gasteiger partial charge in [-0.15, -0.1) is 21.5 Å². The molecular formula is C44H47N9O5S. The van der Waals surface area contributed by atoms with E-state index in [0.717, 1.165) is 64.8 Å². The van der Waals surface area contributed by atoms with Gasteiger partial charge in [0.2, 0.25) is 11.8 Å². The summed E-state index contributed by atoms with van der Waals surface area (Å²) in [7, 11) is 0. The lowest BCUT2D eigenvalue weighted by Gasteiger charge is -2.61. The number of anilines is 2. The second kappa shape index (κ2) is 15.0. The van der Waals surface area contributed by atoms with Crippen LogP contribution >= 0.6 is 11.3 Å². The summed E-state index contributed by atoms with van der Waals surface area (Å²) in [5, 5.41) is 37.3. The van der Waals surface area contributed by atoms with Crippen molar-refractivity contribution in [3.63, 3.8) is 0 Å². The number of aryl methyl sites for hydroxylation is 2. The number of thiazole rings is 1. The van der Waals surface area contributed by atoms with E-state index in [1.54, 1.807) is 23.5 Å². The van der Waals surface area contributed by atoms with Crippen LogP contribution in [0.3, 0.4) is 0 Å². The van der Waals surface area contributed by atoms with Crippen molar-refractivity contribution in [3.05, 3.63) is 95.0 Å². The third-order valence-electron chi connectivity index (χ3n) is 12.1. The van der Waals surface area contributed by atoms with Crippen molar-refractivity contribution in [2.75, 3.05) is 42.5 Å². The summed E-state index contributed by atoms with van der Waals surface area (Å²) >= 11 is 1.59. The van der Waals surface area contributed by atoms with Crippen LogP contribution in [-0.2, 0) is 9.59 Å². The molecule has 59 heavy (non-hydrogen) atoms. The molecule has 2 amide bonds. The number of para-hydroxylation sites is 1. The average molecular weight is 814 g/mol. The van der Waals surface area contributed by atoms with Gasteiger partial charge in [0.05, 0.1) is 50.8 Å². The molecule has 4 aromatic heterocycles. The highest BCUT2D eigenvalue weighted by atomic mass is 32.1. The molecule has 0 radical (unpaired) electrons. The lowest BCUT2D eigenvalue weighted by Crippen LogP contribution is -2.72. The van der Waals surface area contributed by atoms with Crippen LogP contribution in [-0.4, -0.2) is 97.1 Å². The lowest BCUT2D eigenvalue weighted by atomic mass is 9.72. The predicted octanol–water partition coefficient (Wildman–Crippen LogP) is 6.03. The van der Waals surface area contributed by atoms with Crippen LogP contribution in [0.2, 0.25) is 0 Å². The number of carbonyl (C=O) groups excluding carboxylic acids is 2. The Balaban J connectivity index is 0.825. The van der Waals surface area contributed by atoms with Crippen LogP contribution < -0.4 is 15.1 Å². The summed E-state index contributed by atoms with van der Waals surface area (Å²) < 4.78 is 5.87. The molecule has 1 unspecified atom stereocenters. The van der Waals surface area contributed by atoms with Crippen molar-refractivity contribution in [3.8, 4) is 27.4 Å². The number of benzene rings is 2. The Morgan fingerprint density at radius 1 is 0.932 bits per heavy atom. The zero-order chi connectivity index (χ0) is 41.2. The maximum atomic E-state index is 14.3. The fourth-order valence-corrected chi connectivity index (χ4v) is 9.76. The molecule has 0 saturated carbocycles. The van der Waals surface area contributed by atoms with Gasteiger partial charge in [-0.25, -0.2) is 9.97 Å². The molecule has 9 rings (SSSR count). The molecular weight excluding hydrogens is 767 g/mol. The summed E-state index contributed by atoms with van der Waals surface area (Å²) in [6.07, 6.45) is -0.648. The number of aliphatic hydroxyl groups is 1. The van der Waals surface area contributed by atoms with Crippen molar-refractivity contribution in [2.45, 2.75) is 65.1 Å². The van der Waals surface area contributed by atoms with Crippen molar-refractivity contribution in [1.29, 1.82) is 0 Å². The van der Waals surface area contributed by atoms with Gasteiger partial charge >= 0.3 is 0 Å². The number of aliphatic hydroxyl groups excluding tert-OH is 1. The van der Waals surface area contributed by atoms with E-state index < -0.39 is 18.1 Å². The molecule has 1 spiro atoms. The van der Waals surface area contributed by atoms with Crippen LogP contribution in [0.5, 0.6) is 5.75 Å². The van der Waals surface area contributed by atoms with Gasteiger partial charge in [-0.3, -0.25) is 9.59 Å². The van der Waals surface area contributed by atoms with E-state index in [9.17, 15) is 19.8 Å². The lowest BCUT2D eigenvalue weighted by molar-refractivity contribution is -0.141.